The van der Waals surface area contributed by atoms with E-state index >= 15 is 0 Å². The summed E-state index contributed by atoms with van der Waals surface area (Å²) < 4.78 is 18.3. The molecule has 0 bridgehead atoms. The fourth-order valence-electron chi connectivity index (χ4n) is 4.11. The zero-order chi connectivity index (χ0) is 28.1. The number of benzene rings is 3. The molecule has 5 aromatic rings. The molecule has 8 nitrogen and oxygen atoms in total. The van der Waals surface area contributed by atoms with Gasteiger partial charge in [-0.25, -0.2) is 14.3 Å². The summed E-state index contributed by atoms with van der Waals surface area (Å²) in [6.45, 7) is 6.86. The summed E-state index contributed by atoms with van der Waals surface area (Å²) in [6, 6.07) is 28.0. The SMILES string of the molecule is C[Si](C)(C)CCOC(=O)c1cn(-c2ccccc2)nc1NC(=O)OCc1cc2cc(-c3ccccc3)ccc2o1. The second-order valence-corrected chi connectivity index (χ2v) is 16.3. The smallest absolute Gasteiger partial charge is 0.413 e. The number of hydrogen-bond acceptors (Lipinski definition) is 6. The van der Waals surface area contributed by atoms with Crippen molar-refractivity contribution in [3.63, 3.8) is 0 Å². The third kappa shape index (κ3) is 6.67. The van der Waals surface area contributed by atoms with Crippen molar-refractivity contribution < 1.29 is 23.5 Å². The van der Waals surface area contributed by atoms with Crippen LogP contribution >= 0.6 is 0 Å². The van der Waals surface area contributed by atoms with Crippen LogP contribution in [0.15, 0.2) is 95.5 Å². The number of furan rings is 1. The lowest BCUT2D eigenvalue weighted by Crippen LogP contribution is -2.23. The lowest BCUT2D eigenvalue weighted by atomic mass is 10.0. The highest BCUT2D eigenvalue weighted by molar-refractivity contribution is 6.76. The average molecular weight is 554 g/mol. The first kappa shape index (κ1) is 27.0. The van der Waals surface area contributed by atoms with E-state index in [-0.39, 0.29) is 18.0 Å². The third-order valence-electron chi connectivity index (χ3n) is 6.28. The number of para-hydroxylation sites is 1. The van der Waals surface area contributed by atoms with Gasteiger partial charge in [-0.05, 0) is 47.5 Å². The molecule has 1 N–H and O–H groups in total. The molecule has 1 amide bonds. The summed E-state index contributed by atoms with van der Waals surface area (Å²) in [5, 5.41) is 7.92. The van der Waals surface area contributed by atoms with Crippen molar-refractivity contribution in [2.24, 2.45) is 0 Å². The van der Waals surface area contributed by atoms with Crippen molar-refractivity contribution in [2.75, 3.05) is 11.9 Å². The van der Waals surface area contributed by atoms with Gasteiger partial charge in [0.25, 0.3) is 0 Å². The lowest BCUT2D eigenvalue weighted by molar-refractivity contribution is 0.0526. The van der Waals surface area contributed by atoms with Gasteiger partial charge in [-0.1, -0.05) is 74.2 Å². The van der Waals surface area contributed by atoms with Crippen LogP contribution in [0, 0.1) is 0 Å². The van der Waals surface area contributed by atoms with Gasteiger partial charge in [-0.2, -0.15) is 0 Å². The van der Waals surface area contributed by atoms with Gasteiger partial charge in [0.2, 0.25) is 0 Å². The molecule has 5 rings (SSSR count). The maximum atomic E-state index is 12.9. The summed E-state index contributed by atoms with van der Waals surface area (Å²) in [5.74, 6) is 0.00218. The number of fused-ring (bicyclic) bond motifs is 1. The van der Waals surface area contributed by atoms with E-state index in [9.17, 15) is 9.59 Å². The molecular weight excluding hydrogens is 522 g/mol. The van der Waals surface area contributed by atoms with E-state index in [1.54, 1.807) is 6.20 Å². The van der Waals surface area contributed by atoms with Crippen LogP contribution in [0.5, 0.6) is 0 Å². The number of aromatic nitrogens is 2. The molecule has 0 aliphatic rings. The van der Waals surface area contributed by atoms with E-state index in [2.05, 4.69) is 30.1 Å². The molecule has 204 valence electrons. The van der Waals surface area contributed by atoms with Gasteiger partial charge < -0.3 is 13.9 Å². The normalized spacial score (nSPS) is 11.4. The van der Waals surface area contributed by atoms with Gasteiger partial charge in [-0.15, -0.1) is 5.10 Å². The lowest BCUT2D eigenvalue weighted by Gasteiger charge is -2.15. The summed E-state index contributed by atoms with van der Waals surface area (Å²) in [4.78, 5) is 25.7. The molecule has 0 saturated heterocycles. The molecule has 2 aromatic heterocycles. The monoisotopic (exact) mass is 553 g/mol. The Bertz CT molecular complexity index is 1620. The minimum Gasteiger partial charge on any atom is -0.462 e. The molecular formula is C31H31N3O5Si. The number of carbonyl (C=O) groups is 2. The Balaban J connectivity index is 1.28. The first-order chi connectivity index (χ1) is 19.2. The van der Waals surface area contributed by atoms with E-state index < -0.39 is 20.1 Å². The molecule has 9 heteroatoms. The third-order valence-corrected chi connectivity index (χ3v) is 7.98. The number of rotatable bonds is 9. The predicted molar refractivity (Wildman–Crippen MR) is 157 cm³/mol. The summed E-state index contributed by atoms with van der Waals surface area (Å²) in [6.07, 6.45) is 0.783. The van der Waals surface area contributed by atoms with E-state index in [1.165, 1.54) is 4.68 Å². The number of esters is 1. The van der Waals surface area contributed by atoms with Crippen LogP contribution in [0.1, 0.15) is 16.1 Å². The van der Waals surface area contributed by atoms with E-state index in [0.717, 1.165) is 28.2 Å². The van der Waals surface area contributed by atoms with Crippen molar-refractivity contribution in [3.8, 4) is 16.8 Å². The Labute approximate surface area is 233 Å². The highest BCUT2D eigenvalue weighted by Crippen LogP contribution is 2.27. The first-order valence-corrected chi connectivity index (χ1v) is 16.8. The summed E-state index contributed by atoms with van der Waals surface area (Å²) in [7, 11) is -1.39. The number of amides is 1. The van der Waals surface area contributed by atoms with Crippen LogP contribution in [0.3, 0.4) is 0 Å². The van der Waals surface area contributed by atoms with Crippen LogP contribution in [-0.4, -0.2) is 36.5 Å². The summed E-state index contributed by atoms with van der Waals surface area (Å²) in [5.41, 5.74) is 3.75. The Hall–Kier alpha value is -4.63. The van der Waals surface area contributed by atoms with Crippen molar-refractivity contribution in [2.45, 2.75) is 32.3 Å². The second kappa shape index (κ2) is 11.6. The zero-order valence-electron chi connectivity index (χ0n) is 22.7. The molecule has 0 fully saturated rings. The molecule has 40 heavy (non-hydrogen) atoms. The van der Waals surface area contributed by atoms with Crippen LogP contribution in [0.4, 0.5) is 10.6 Å². The highest BCUT2D eigenvalue weighted by Gasteiger charge is 2.22. The number of hydrogen-bond donors (Lipinski definition) is 1. The number of carbonyl (C=O) groups excluding carboxylic acids is 2. The maximum absolute atomic E-state index is 12.9. The standard InChI is InChI=1S/C31H31N3O5Si/c1-40(2,3)17-16-37-30(35)27-20-34(25-12-8-5-9-13-25)33-29(27)32-31(36)38-21-26-19-24-18-23(14-15-28(24)39-26)22-10-6-4-7-11-22/h4-15,18-20H,16-17,21H2,1-3H3,(H,32,33,36). The molecule has 2 heterocycles. The Morgan fingerprint density at radius 2 is 1.62 bits per heavy atom. The van der Waals surface area contributed by atoms with E-state index in [1.807, 2.05) is 84.9 Å². The van der Waals surface area contributed by atoms with Crippen LogP contribution < -0.4 is 5.32 Å². The molecule has 3 aromatic carbocycles. The molecule has 0 unspecified atom stereocenters. The van der Waals surface area contributed by atoms with E-state index in [0.29, 0.717) is 18.0 Å². The Morgan fingerprint density at radius 3 is 2.35 bits per heavy atom. The number of anilines is 1. The van der Waals surface area contributed by atoms with Gasteiger partial charge in [-0.3, -0.25) is 5.32 Å². The molecule has 0 aliphatic carbocycles. The first-order valence-electron chi connectivity index (χ1n) is 13.1. The Morgan fingerprint density at radius 1 is 0.900 bits per heavy atom. The minimum atomic E-state index is -1.39. The zero-order valence-corrected chi connectivity index (χ0v) is 23.7. The average Bonchev–Trinajstić information content (AvgIpc) is 3.56. The van der Waals surface area contributed by atoms with Gasteiger partial charge in [0.1, 0.15) is 16.9 Å². The summed E-state index contributed by atoms with van der Waals surface area (Å²) >= 11 is 0. The molecule has 0 radical (unpaired) electrons. The van der Waals surface area contributed by atoms with Gasteiger partial charge >= 0.3 is 12.1 Å². The minimum absolute atomic E-state index is 0.0592. The number of nitrogens with one attached hydrogen (secondary N) is 1. The molecule has 0 atom stereocenters. The Kier molecular flexibility index (Phi) is 7.83. The fraction of sp³-hybridized carbons (Fsp3) is 0.194. The largest absolute Gasteiger partial charge is 0.462 e. The quantitative estimate of drug-likeness (QED) is 0.150. The van der Waals surface area contributed by atoms with Crippen molar-refractivity contribution in [1.82, 2.24) is 9.78 Å². The van der Waals surface area contributed by atoms with Gasteiger partial charge in [0.05, 0.1) is 12.3 Å². The van der Waals surface area contributed by atoms with Crippen LogP contribution in [0.2, 0.25) is 25.7 Å². The predicted octanol–water partition coefficient (Wildman–Crippen LogP) is 7.53. The van der Waals surface area contributed by atoms with Gasteiger partial charge in [0, 0.05) is 19.7 Å². The van der Waals surface area contributed by atoms with Crippen molar-refractivity contribution in [3.05, 3.63) is 102 Å². The number of nitrogens with zero attached hydrogens (tertiary/aromatic N) is 2. The fourth-order valence-corrected chi connectivity index (χ4v) is 4.82. The van der Waals surface area contributed by atoms with Crippen molar-refractivity contribution in [1.29, 1.82) is 0 Å². The van der Waals surface area contributed by atoms with Crippen LogP contribution in [-0.2, 0) is 16.1 Å². The second-order valence-electron chi connectivity index (χ2n) is 10.7. The highest BCUT2D eigenvalue weighted by atomic mass is 28.3. The molecule has 0 aliphatic heterocycles. The van der Waals surface area contributed by atoms with Crippen molar-refractivity contribution >= 4 is 36.9 Å². The molecule has 0 saturated carbocycles. The number of ether oxygens (including phenoxy) is 2. The van der Waals surface area contributed by atoms with Crippen LogP contribution in [0.25, 0.3) is 27.8 Å². The maximum Gasteiger partial charge on any atom is 0.413 e. The van der Waals surface area contributed by atoms with Gasteiger partial charge in [0.15, 0.2) is 12.4 Å². The van der Waals surface area contributed by atoms with E-state index in [4.69, 9.17) is 13.9 Å². The topological polar surface area (TPSA) is 95.6 Å². The molecule has 0 spiro atoms.